The molecule has 0 saturated heterocycles. The number of esters is 1. The van der Waals surface area contributed by atoms with Gasteiger partial charge < -0.3 is 10.1 Å². The molecule has 0 spiro atoms. The molecule has 0 radical (unpaired) electrons. The first kappa shape index (κ1) is 20.4. The number of nitrogens with one attached hydrogen (secondary N) is 1. The highest BCUT2D eigenvalue weighted by molar-refractivity contribution is 5.91. The third-order valence-electron chi connectivity index (χ3n) is 4.32. The summed E-state index contributed by atoms with van der Waals surface area (Å²) in [6, 6.07) is 15.6. The second-order valence-corrected chi connectivity index (χ2v) is 6.56. The Morgan fingerprint density at radius 1 is 1.07 bits per heavy atom. The van der Waals surface area contributed by atoms with E-state index in [4.69, 9.17) is 4.74 Å². The van der Waals surface area contributed by atoms with Gasteiger partial charge in [-0.1, -0.05) is 55.5 Å². The maximum Gasteiger partial charge on any atom is 0.306 e. The number of aryl methyl sites for hydroxylation is 2. The van der Waals surface area contributed by atoms with Crippen molar-refractivity contribution < 1.29 is 14.3 Å². The molecular weight excluding hydrogens is 338 g/mol. The van der Waals surface area contributed by atoms with Crippen molar-refractivity contribution in [3.05, 3.63) is 76.9 Å². The smallest absolute Gasteiger partial charge is 0.306 e. The molecule has 4 heteroatoms. The molecule has 0 fully saturated rings. The molecule has 0 aromatic heterocycles. The molecule has 142 valence electrons. The van der Waals surface area contributed by atoms with Gasteiger partial charge in [0.25, 0.3) is 0 Å². The van der Waals surface area contributed by atoms with Crippen molar-refractivity contribution >= 4 is 18.0 Å². The minimum atomic E-state index is -0.502. The summed E-state index contributed by atoms with van der Waals surface area (Å²) in [5.74, 6) is -0.478. The summed E-state index contributed by atoms with van der Waals surface area (Å²) < 4.78 is 5.61. The normalized spacial score (nSPS) is 12.0. The topological polar surface area (TPSA) is 55.4 Å². The van der Waals surface area contributed by atoms with E-state index in [1.807, 2.05) is 69.3 Å². The maximum absolute atomic E-state index is 12.1. The zero-order valence-electron chi connectivity index (χ0n) is 16.2. The summed E-state index contributed by atoms with van der Waals surface area (Å²) in [4.78, 5) is 24.1. The van der Waals surface area contributed by atoms with Crippen LogP contribution in [0.5, 0.6) is 0 Å². The van der Waals surface area contributed by atoms with E-state index < -0.39 is 6.10 Å². The van der Waals surface area contributed by atoms with E-state index in [9.17, 15) is 9.59 Å². The van der Waals surface area contributed by atoms with Gasteiger partial charge >= 0.3 is 5.97 Å². The van der Waals surface area contributed by atoms with E-state index in [-0.39, 0.29) is 18.4 Å². The van der Waals surface area contributed by atoms with Crippen molar-refractivity contribution in [3.8, 4) is 0 Å². The molecule has 0 unspecified atom stereocenters. The number of amides is 1. The molecular formula is C23H27NO3. The van der Waals surface area contributed by atoms with Crippen LogP contribution in [0.4, 0.5) is 0 Å². The van der Waals surface area contributed by atoms with Crippen LogP contribution in [0, 0.1) is 13.8 Å². The zero-order chi connectivity index (χ0) is 19.6. The van der Waals surface area contributed by atoms with Crippen LogP contribution >= 0.6 is 0 Å². The van der Waals surface area contributed by atoms with Crippen molar-refractivity contribution in [2.75, 3.05) is 6.54 Å². The zero-order valence-corrected chi connectivity index (χ0v) is 16.2. The van der Waals surface area contributed by atoms with Gasteiger partial charge in [-0.15, -0.1) is 0 Å². The van der Waals surface area contributed by atoms with Crippen LogP contribution in [0.1, 0.15) is 48.1 Å². The van der Waals surface area contributed by atoms with Crippen molar-refractivity contribution in [3.63, 3.8) is 0 Å². The van der Waals surface area contributed by atoms with E-state index in [2.05, 4.69) is 5.32 Å². The molecule has 27 heavy (non-hydrogen) atoms. The third kappa shape index (κ3) is 6.74. The Kier molecular flexibility index (Phi) is 7.80. The van der Waals surface area contributed by atoms with Gasteiger partial charge in [0, 0.05) is 12.5 Å². The van der Waals surface area contributed by atoms with Crippen LogP contribution in [-0.4, -0.2) is 18.4 Å². The second kappa shape index (κ2) is 10.3. The number of benzene rings is 2. The van der Waals surface area contributed by atoms with Gasteiger partial charge in [-0.2, -0.15) is 0 Å². The fourth-order valence-electron chi connectivity index (χ4n) is 2.60. The van der Waals surface area contributed by atoms with E-state index in [0.717, 1.165) is 23.1 Å². The van der Waals surface area contributed by atoms with E-state index in [1.54, 1.807) is 6.08 Å². The molecule has 0 aliphatic heterocycles. The first-order valence-corrected chi connectivity index (χ1v) is 9.27. The van der Waals surface area contributed by atoms with Crippen molar-refractivity contribution in [1.82, 2.24) is 5.32 Å². The molecule has 1 N–H and O–H groups in total. The summed E-state index contributed by atoms with van der Waals surface area (Å²) >= 11 is 0. The molecule has 0 aliphatic rings. The van der Waals surface area contributed by atoms with Gasteiger partial charge in [0.15, 0.2) is 0 Å². The molecule has 2 rings (SSSR count). The van der Waals surface area contributed by atoms with Gasteiger partial charge in [-0.05, 0) is 48.6 Å². The standard InChI is InChI=1S/C23H27NO3/c1-4-8-23(26)27-21(20-13-11-17(2)18(3)15-20)16-24-22(25)14-12-19-9-6-5-7-10-19/h5-7,9-15,21H,4,8,16H2,1-3H3,(H,24,25)/b14-12+/t21-/m1/s1. The molecule has 0 heterocycles. The Morgan fingerprint density at radius 2 is 1.81 bits per heavy atom. The third-order valence-corrected chi connectivity index (χ3v) is 4.32. The molecule has 0 bridgehead atoms. The number of hydrogen-bond acceptors (Lipinski definition) is 3. The average Bonchev–Trinajstić information content (AvgIpc) is 2.66. The first-order valence-electron chi connectivity index (χ1n) is 9.27. The number of hydrogen-bond donors (Lipinski definition) is 1. The molecule has 2 aromatic carbocycles. The summed E-state index contributed by atoms with van der Waals surface area (Å²) in [7, 11) is 0. The van der Waals surface area contributed by atoms with Gasteiger partial charge in [-0.25, -0.2) is 0 Å². The van der Waals surface area contributed by atoms with Crippen molar-refractivity contribution in [2.24, 2.45) is 0 Å². The van der Waals surface area contributed by atoms with Gasteiger partial charge in [0.1, 0.15) is 6.10 Å². The predicted molar refractivity (Wildman–Crippen MR) is 108 cm³/mol. The van der Waals surface area contributed by atoms with Gasteiger partial charge in [-0.3, -0.25) is 9.59 Å². The van der Waals surface area contributed by atoms with Crippen LogP contribution in [0.2, 0.25) is 0 Å². The number of ether oxygens (including phenoxy) is 1. The monoisotopic (exact) mass is 365 g/mol. The first-order chi connectivity index (χ1) is 13.0. The van der Waals surface area contributed by atoms with E-state index in [1.165, 1.54) is 11.6 Å². The highest BCUT2D eigenvalue weighted by atomic mass is 16.5. The second-order valence-electron chi connectivity index (χ2n) is 6.56. The van der Waals surface area contributed by atoms with Crippen LogP contribution in [0.25, 0.3) is 6.08 Å². The lowest BCUT2D eigenvalue weighted by Gasteiger charge is -2.19. The minimum Gasteiger partial charge on any atom is -0.456 e. The lowest BCUT2D eigenvalue weighted by molar-refractivity contribution is -0.149. The fraction of sp³-hybridized carbons (Fsp3) is 0.304. The molecule has 1 amide bonds. The molecule has 0 saturated carbocycles. The average molecular weight is 365 g/mol. The summed E-state index contributed by atoms with van der Waals surface area (Å²) in [5.41, 5.74) is 4.13. The number of rotatable bonds is 8. The number of carbonyl (C=O) groups is 2. The predicted octanol–water partition coefficient (Wildman–Crippen LogP) is 4.52. The Morgan fingerprint density at radius 3 is 2.48 bits per heavy atom. The SMILES string of the molecule is CCCC(=O)O[C@H](CNC(=O)/C=C/c1ccccc1)c1ccc(C)c(C)c1. The quantitative estimate of drug-likeness (QED) is 0.553. The fourth-order valence-corrected chi connectivity index (χ4v) is 2.60. The molecule has 4 nitrogen and oxygen atoms in total. The van der Waals surface area contributed by atoms with Crippen LogP contribution < -0.4 is 5.32 Å². The Hall–Kier alpha value is -2.88. The van der Waals surface area contributed by atoms with Crippen LogP contribution in [0.3, 0.4) is 0 Å². The Bertz CT molecular complexity index is 797. The van der Waals surface area contributed by atoms with Gasteiger partial charge in [0.2, 0.25) is 5.91 Å². The summed E-state index contributed by atoms with van der Waals surface area (Å²) in [6.45, 7) is 6.22. The van der Waals surface area contributed by atoms with E-state index in [0.29, 0.717) is 6.42 Å². The lowest BCUT2D eigenvalue weighted by atomic mass is 10.0. The highest BCUT2D eigenvalue weighted by Gasteiger charge is 2.17. The lowest BCUT2D eigenvalue weighted by Crippen LogP contribution is -2.29. The molecule has 1 atom stereocenters. The maximum atomic E-state index is 12.1. The molecule has 2 aromatic rings. The number of carbonyl (C=O) groups excluding carboxylic acids is 2. The van der Waals surface area contributed by atoms with E-state index >= 15 is 0 Å². The van der Waals surface area contributed by atoms with Crippen LogP contribution in [0.15, 0.2) is 54.6 Å². The minimum absolute atomic E-state index is 0.223. The van der Waals surface area contributed by atoms with Crippen LogP contribution in [-0.2, 0) is 14.3 Å². The van der Waals surface area contributed by atoms with Crippen molar-refractivity contribution in [2.45, 2.75) is 39.7 Å². The summed E-state index contributed by atoms with van der Waals surface area (Å²) in [6.07, 6.45) is 3.83. The highest BCUT2D eigenvalue weighted by Crippen LogP contribution is 2.21. The Labute approximate surface area is 161 Å². The molecule has 0 aliphatic carbocycles. The largest absolute Gasteiger partial charge is 0.456 e. The summed E-state index contributed by atoms with van der Waals surface area (Å²) in [5, 5.41) is 2.83. The van der Waals surface area contributed by atoms with Gasteiger partial charge in [0.05, 0.1) is 6.54 Å². The Balaban J connectivity index is 2.04. The van der Waals surface area contributed by atoms with Crippen molar-refractivity contribution in [1.29, 1.82) is 0 Å².